The quantitative estimate of drug-likeness (QED) is 0.349. The van der Waals surface area contributed by atoms with Crippen LogP contribution in [0, 0.1) is 13.8 Å². The fraction of sp³-hybridized carbons (Fsp3) is 0.273. The molecule has 1 heterocycles. The molecular formula is C22H23Cl2N3O5S. The third kappa shape index (κ3) is 5.98. The summed E-state index contributed by atoms with van der Waals surface area (Å²) < 4.78 is 38.1. The Bertz CT molecular complexity index is 1230. The number of anilines is 2. The number of benzene rings is 2. The summed E-state index contributed by atoms with van der Waals surface area (Å²) in [6.45, 7) is 5.92. The predicted molar refractivity (Wildman–Crippen MR) is 128 cm³/mol. The van der Waals surface area contributed by atoms with Crippen molar-refractivity contribution in [3.05, 3.63) is 63.3 Å². The van der Waals surface area contributed by atoms with Crippen molar-refractivity contribution in [3.8, 4) is 5.75 Å². The lowest BCUT2D eigenvalue weighted by atomic mass is 10.2. The van der Waals surface area contributed by atoms with Crippen LogP contribution in [-0.2, 0) is 10.0 Å². The van der Waals surface area contributed by atoms with Gasteiger partial charge in [-0.1, -0.05) is 41.7 Å². The van der Waals surface area contributed by atoms with Gasteiger partial charge in [-0.25, -0.2) is 13.1 Å². The van der Waals surface area contributed by atoms with Crippen LogP contribution < -0.4 is 14.8 Å². The van der Waals surface area contributed by atoms with Crippen molar-refractivity contribution in [2.75, 3.05) is 16.6 Å². The summed E-state index contributed by atoms with van der Waals surface area (Å²) >= 11 is 12.5. The zero-order valence-electron chi connectivity index (χ0n) is 18.2. The molecule has 2 N–H and O–H groups in total. The summed E-state index contributed by atoms with van der Waals surface area (Å²) in [6, 6.07) is 8.60. The molecule has 0 unspecified atom stereocenters. The number of aryl methyl sites for hydroxylation is 1. The number of hydrogen-bond donors (Lipinski definition) is 2. The maximum atomic E-state index is 12.6. The monoisotopic (exact) mass is 511 g/mol. The first kappa shape index (κ1) is 24.9. The van der Waals surface area contributed by atoms with Gasteiger partial charge < -0.3 is 14.6 Å². The van der Waals surface area contributed by atoms with Gasteiger partial charge in [-0.2, -0.15) is 0 Å². The fourth-order valence-electron chi connectivity index (χ4n) is 2.76. The fourth-order valence-corrected chi connectivity index (χ4v) is 4.40. The smallest absolute Gasteiger partial charge is 0.264 e. The zero-order chi connectivity index (χ0) is 24.2. The molecule has 0 saturated carbocycles. The minimum atomic E-state index is -3.89. The number of unbranched alkanes of at least 4 members (excludes halogenated alkanes) is 1. The van der Waals surface area contributed by atoms with Gasteiger partial charge >= 0.3 is 0 Å². The van der Waals surface area contributed by atoms with Gasteiger partial charge in [0.15, 0.2) is 5.75 Å². The lowest BCUT2D eigenvalue weighted by molar-refractivity contribution is 0.102. The Hall–Kier alpha value is -2.75. The summed E-state index contributed by atoms with van der Waals surface area (Å²) in [5.74, 6) is -0.0660. The van der Waals surface area contributed by atoms with Gasteiger partial charge in [0.25, 0.3) is 15.9 Å². The van der Waals surface area contributed by atoms with E-state index in [1.54, 1.807) is 13.8 Å². The molecule has 0 fully saturated rings. The van der Waals surface area contributed by atoms with E-state index in [9.17, 15) is 13.2 Å². The minimum absolute atomic E-state index is 0.00591. The lowest BCUT2D eigenvalue weighted by Crippen LogP contribution is -2.14. The van der Waals surface area contributed by atoms with Crippen molar-refractivity contribution in [1.82, 2.24) is 5.16 Å². The highest BCUT2D eigenvalue weighted by molar-refractivity contribution is 7.92. The van der Waals surface area contributed by atoms with Gasteiger partial charge in [-0.3, -0.25) is 4.79 Å². The highest BCUT2D eigenvalue weighted by atomic mass is 35.5. The third-order valence-electron chi connectivity index (χ3n) is 4.81. The van der Waals surface area contributed by atoms with E-state index in [2.05, 4.69) is 15.2 Å². The second-order valence-electron chi connectivity index (χ2n) is 7.28. The zero-order valence-corrected chi connectivity index (χ0v) is 20.6. The number of aromatic nitrogens is 1. The standard InChI is InChI=1S/C22H23Cl2N3O5S/c1-4-5-10-31-20-18(23)11-15(12-19(20)24)21(28)25-16-6-8-17(9-7-16)33(29,30)27-22-13(2)14(3)26-32-22/h6-9,11-12,27H,4-5,10H2,1-3H3,(H,25,28). The maximum absolute atomic E-state index is 12.6. The number of rotatable bonds is 9. The van der Waals surface area contributed by atoms with Crippen LogP contribution in [0.15, 0.2) is 45.8 Å². The van der Waals surface area contributed by atoms with Crippen LogP contribution >= 0.6 is 23.2 Å². The van der Waals surface area contributed by atoms with E-state index in [0.29, 0.717) is 29.3 Å². The molecule has 3 aromatic rings. The van der Waals surface area contributed by atoms with Crippen LogP contribution in [0.2, 0.25) is 10.0 Å². The summed E-state index contributed by atoms with van der Waals surface area (Å²) in [5, 5.41) is 6.88. The number of hydrogen-bond acceptors (Lipinski definition) is 6. The molecule has 0 bridgehead atoms. The van der Waals surface area contributed by atoms with E-state index in [1.165, 1.54) is 36.4 Å². The molecule has 11 heteroatoms. The van der Waals surface area contributed by atoms with Crippen molar-refractivity contribution in [3.63, 3.8) is 0 Å². The largest absolute Gasteiger partial charge is 0.490 e. The molecule has 2 aromatic carbocycles. The van der Waals surface area contributed by atoms with Crippen molar-refractivity contribution >= 4 is 50.7 Å². The van der Waals surface area contributed by atoms with E-state index >= 15 is 0 Å². The van der Waals surface area contributed by atoms with Crippen LogP contribution in [0.1, 0.15) is 41.4 Å². The number of carbonyl (C=O) groups is 1. The van der Waals surface area contributed by atoms with E-state index in [0.717, 1.165) is 12.8 Å². The van der Waals surface area contributed by atoms with Crippen molar-refractivity contribution < 1.29 is 22.5 Å². The minimum Gasteiger partial charge on any atom is -0.490 e. The maximum Gasteiger partial charge on any atom is 0.264 e. The molecule has 0 aliphatic rings. The Kier molecular flexibility index (Phi) is 7.88. The van der Waals surface area contributed by atoms with Gasteiger partial charge in [0.1, 0.15) is 0 Å². The van der Waals surface area contributed by atoms with Gasteiger partial charge in [0, 0.05) is 16.8 Å². The Morgan fingerprint density at radius 2 is 1.76 bits per heavy atom. The summed E-state index contributed by atoms with van der Waals surface area (Å²) in [5.41, 5.74) is 1.82. The SMILES string of the molecule is CCCCOc1c(Cl)cc(C(=O)Nc2ccc(S(=O)(=O)Nc3onc(C)c3C)cc2)cc1Cl. The topological polar surface area (TPSA) is 111 Å². The number of carbonyl (C=O) groups excluding carboxylic acids is 1. The second kappa shape index (κ2) is 10.5. The molecule has 3 rings (SSSR count). The molecule has 8 nitrogen and oxygen atoms in total. The van der Waals surface area contributed by atoms with Crippen LogP contribution in [0.5, 0.6) is 5.75 Å². The summed E-state index contributed by atoms with van der Waals surface area (Å²) in [6.07, 6.45) is 1.82. The van der Waals surface area contributed by atoms with Crippen molar-refractivity contribution in [2.45, 2.75) is 38.5 Å². The highest BCUT2D eigenvalue weighted by Crippen LogP contribution is 2.34. The number of amides is 1. The second-order valence-corrected chi connectivity index (χ2v) is 9.77. The van der Waals surface area contributed by atoms with Crippen molar-refractivity contribution in [2.24, 2.45) is 0 Å². The molecule has 0 atom stereocenters. The van der Waals surface area contributed by atoms with Crippen LogP contribution in [0.3, 0.4) is 0 Å². The lowest BCUT2D eigenvalue weighted by Gasteiger charge is -2.12. The molecule has 0 saturated heterocycles. The van der Waals surface area contributed by atoms with Crippen LogP contribution in [0.4, 0.5) is 11.6 Å². The number of sulfonamides is 1. The first-order chi connectivity index (χ1) is 15.6. The summed E-state index contributed by atoms with van der Waals surface area (Å²) in [7, 11) is -3.89. The molecule has 0 aliphatic carbocycles. The van der Waals surface area contributed by atoms with Gasteiger partial charge in [0.2, 0.25) is 5.88 Å². The molecule has 1 amide bonds. The first-order valence-electron chi connectivity index (χ1n) is 10.1. The van der Waals surface area contributed by atoms with E-state index in [-0.39, 0.29) is 26.4 Å². The van der Waals surface area contributed by atoms with E-state index in [4.69, 9.17) is 32.5 Å². The van der Waals surface area contributed by atoms with Crippen LogP contribution in [-0.4, -0.2) is 26.1 Å². The Morgan fingerprint density at radius 1 is 1.12 bits per heavy atom. The molecule has 176 valence electrons. The predicted octanol–water partition coefficient (Wildman–Crippen LogP) is 5.83. The van der Waals surface area contributed by atoms with Gasteiger partial charge in [0.05, 0.1) is 27.2 Å². The normalized spacial score (nSPS) is 11.3. The number of halogens is 2. The van der Waals surface area contributed by atoms with Crippen LogP contribution in [0.25, 0.3) is 0 Å². The van der Waals surface area contributed by atoms with E-state index in [1.807, 2.05) is 6.92 Å². The van der Waals surface area contributed by atoms with Gasteiger partial charge in [-0.15, -0.1) is 0 Å². The molecule has 1 aromatic heterocycles. The summed E-state index contributed by atoms with van der Waals surface area (Å²) in [4.78, 5) is 12.6. The van der Waals surface area contributed by atoms with Crippen molar-refractivity contribution in [1.29, 1.82) is 0 Å². The molecule has 0 aliphatic heterocycles. The average molecular weight is 512 g/mol. The molecular weight excluding hydrogens is 489 g/mol. The number of nitrogens with one attached hydrogen (secondary N) is 2. The Morgan fingerprint density at radius 3 is 2.30 bits per heavy atom. The van der Waals surface area contributed by atoms with Gasteiger partial charge in [-0.05, 0) is 56.7 Å². The Balaban J connectivity index is 1.70. The highest BCUT2D eigenvalue weighted by Gasteiger charge is 2.20. The number of nitrogens with zero attached hydrogens (tertiary/aromatic N) is 1. The third-order valence-corrected chi connectivity index (χ3v) is 6.72. The number of ether oxygens (including phenoxy) is 1. The molecule has 0 spiro atoms. The van der Waals surface area contributed by atoms with E-state index < -0.39 is 15.9 Å². The average Bonchev–Trinajstić information content (AvgIpc) is 3.07. The first-order valence-corrected chi connectivity index (χ1v) is 12.3. The molecule has 33 heavy (non-hydrogen) atoms. The molecule has 0 radical (unpaired) electrons. The Labute approximate surface area is 202 Å².